The molecule has 0 saturated heterocycles. The van der Waals surface area contributed by atoms with Gasteiger partial charge in [0.05, 0.1) is 4.90 Å². The molecule has 6 heteroatoms. The van der Waals surface area contributed by atoms with Crippen molar-refractivity contribution in [3.63, 3.8) is 0 Å². The van der Waals surface area contributed by atoms with E-state index in [0.717, 1.165) is 11.1 Å². The summed E-state index contributed by atoms with van der Waals surface area (Å²) in [6.07, 6.45) is 0. The van der Waals surface area contributed by atoms with Crippen LogP contribution in [0.5, 0.6) is 0 Å². The van der Waals surface area contributed by atoms with E-state index in [1.54, 1.807) is 42.5 Å². The van der Waals surface area contributed by atoms with E-state index in [-0.39, 0.29) is 9.92 Å². The van der Waals surface area contributed by atoms with Gasteiger partial charge in [-0.15, -0.1) is 0 Å². The highest BCUT2D eigenvalue weighted by molar-refractivity contribution is 7.95. The molecule has 0 aliphatic rings. The molecule has 0 unspecified atom stereocenters. The van der Waals surface area contributed by atoms with Gasteiger partial charge in [-0.1, -0.05) is 47.5 Å². The quantitative estimate of drug-likeness (QED) is 0.933. The summed E-state index contributed by atoms with van der Waals surface area (Å²) in [5.74, 6) is -0.539. The number of benzene rings is 2. The molecule has 0 bridgehead atoms. The van der Waals surface area contributed by atoms with Crippen LogP contribution >= 0.6 is 11.6 Å². The van der Waals surface area contributed by atoms with Crippen molar-refractivity contribution in [3.05, 3.63) is 76.3 Å². The summed E-state index contributed by atoms with van der Waals surface area (Å²) in [5.41, 5.74) is 2.14. The maximum absolute atomic E-state index is 12.5. The minimum atomic E-state index is -3.87. The Kier molecular flexibility index (Phi) is 5.00. The lowest BCUT2D eigenvalue weighted by Crippen LogP contribution is -2.27. The molecule has 0 aromatic heterocycles. The van der Waals surface area contributed by atoms with E-state index in [4.69, 9.17) is 11.6 Å². The van der Waals surface area contributed by atoms with Gasteiger partial charge >= 0.3 is 0 Å². The van der Waals surface area contributed by atoms with Gasteiger partial charge in [0.25, 0.3) is 5.91 Å². The van der Waals surface area contributed by atoms with E-state index < -0.39 is 15.7 Å². The Morgan fingerprint density at radius 1 is 1.05 bits per heavy atom. The van der Waals surface area contributed by atoms with Crippen molar-refractivity contribution in [1.29, 1.82) is 0 Å². The smallest absolute Gasteiger partial charge is 0.256 e. The molecule has 0 spiro atoms. The van der Waals surface area contributed by atoms with Crippen LogP contribution in [0.4, 0.5) is 0 Å². The minimum Gasteiger partial charge on any atom is -0.311 e. The number of hydrogen-bond donors (Lipinski definition) is 1. The fourth-order valence-corrected chi connectivity index (χ4v) is 3.27. The Balaban J connectivity index is 2.28. The zero-order chi connectivity index (χ0) is 16.2. The third-order valence-electron chi connectivity index (χ3n) is 2.99. The number of aryl methyl sites for hydroxylation is 1. The van der Waals surface area contributed by atoms with Crippen molar-refractivity contribution in [2.45, 2.75) is 11.8 Å². The van der Waals surface area contributed by atoms with Crippen molar-refractivity contribution in [2.24, 2.45) is 0 Å². The van der Waals surface area contributed by atoms with E-state index in [1.165, 1.54) is 12.1 Å². The Morgan fingerprint density at radius 2 is 1.64 bits per heavy atom. The summed E-state index contributed by atoms with van der Waals surface area (Å²) in [5, 5.41) is 1.98. The topological polar surface area (TPSA) is 63.2 Å². The summed E-state index contributed by atoms with van der Waals surface area (Å²) < 4.78 is 24.9. The maximum atomic E-state index is 12.5. The van der Waals surface area contributed by atoms with E-state index in [1.807, 2.05) is 6.92 Å². The van der Waals surface area contributed by atoms with Crippen molar-refractivity contribution in [1.82, 2.24) is 5.32 Å². The maximum Gasteiger partial charge on any atom is 0.256 e. The van der Waals surface area contributed by atoms with Crippen LogP contribution < -0.4 is 5.32 Å². The molecule has 4 nitrogen and oxygen atoms in total. The van der Waals surface area contributed by atoms with Crippen molar-refractivity contribution >= 4 is 27.3 Å². The highest BCUT2D eigenvalue weighted by atomic mass is 35.5. The number of sulfone groups is 1. The average Bonchev–Trinajstić information content (AvgIpc) is 2.53. The summed E-state index contributed by atoms with van der Waals surface area (Å²) >= 11 is 5.61. The first kappa shape index (κ1) is 16.3. The molecule has 22 heavy (non-hydrogen) atoms. The summed E-state index contributed by atoms with van der Waals surface area (Å²) in [4.78, 5) is 12.1. The second-order valence-electron chi connectivity index (χ2n) is 4.61. The number of rotatable bonds is 4. The number of nitrogens with one attached hydrogen (secondary N) is 1. The summed E-state index contributed by atoms with van der Waals surface area (Å²) in [6.45, 7) is 1.85. The second-order valence-corrected chi connectivity index (χ2v) is 6.75. The van der Waals surface area contributed by atoms with E-state index in [2.05, 4.69) is 5.32 Å². The Bertz CT molecular complexity index is 797. The van der Waals surface area contributed by atoms with Gasteiger partial charge in [0.2, 0.25) is 9.84 Å². The largest absolute Gasteiger partial charge is 0.311 e. The van der Waals surface area contributed by atoms with Gasteiger partial charge in [-0.3, -0.25) is 4.79 Å². The molecule has 0 radical (unpaired) electrons. The van der Waals surface area contributed by atoms with Crippen LogP contribution in [0.3, 0.4) is 0 Å². The number of carbonyl (C=O) groups is 1. The molecule has 0 atom stereocenters. The predicted octanol–water partition coefficient (Wildman–Crippen LogP) is 3.24. The number of hydrogen-bond acceptors (Lipinski definition) is 3. The minimum absolute atomic E-state index is 0.0679. The van der Waals surface area contributed by atoms with Gasteiger partial charge in [0, 0.05) is 11.1 Å². The molecule has 0 heterocycles. The van der Waals surface area contributed by atoms with E-state index in [9.17, 15) is 13.2 Å². The van der Waals surface area contributed by atoms with Crippen LogP contribution in [0.1, 0.15) is 15.9 Å². The highest BCUT2D eigenvalue weighted by Gasteiger charge is 2.22. The van der Waals surface area contributed by atoms with Crippen molar-refractivity contribution in [3.8, 4) is 0 Å². The molecular formula is C16H14ClNO3S. The molecule has 1 amide bonds. The van der Waals surface area contributed by atoms with Gasteiger partial charge in [0.1, 0.15) is 0 Å². The molecule has 114 valence electrons. The molecule has 2 aromatic carbocycles. The zero-order valence-electron chi connectivity index (χ0n) is 11.8. The number of halogens is 1. The lowest BCUT2D eigenvalue weighted by molar-refractivity contribution is 0.0968. The standard InChI is InChI=1S/C16H14ClNO3S/c1-12-7-9-14(10-8-12)22(20,21)15(11-17)18-16(19)13-5-3-2-4-6-13/h2-11H,1H3,(H,18,19)/b15-11-. The van der Waals surface area contributed by atoms with Gasteiger partial charge in [-0.05, 0) is 31.2 Å². The first-order chi connectivity index (χ1) is 10.4. The molecule has 2 rings (SSSR count). The lowest BCUT2D eigenvalue weighted by atomic mass is 10.2. The molecule has 0 aliphatic heterocycles. The molecule has 2 aromatic rings. The number of carbonyl (C=O) groups excluding carboxylic acids is 1. The lowest BCUT2D eigenvalue weighted by Gasteiger charge is -2.10. The second kappa shape index (κ2) is 6.77. The Hall–Kier alpha value is -2.11. The van der Waals surface area contributed by atoms with Crippen molar-refractivity contribution < 1.29 is 13.2 Å². The van der Waals surface area contributed by atoms with E-state index >= 15 is 0 Å². The normalized spacial score (nSPS) is 12.0. The van der Waals surface area contributed by atoms with Crippen LogP contribution in [-0.4, -0.2) is 14.3 Å². The molecular weight excluding hydrogens is 322 g/mol. The van der Waals surface area contributed by atoms with Gasteiger partial charge in [0.15, 0.2) is 5.03 Å². The Morgan fingerprint density at radius 3 is 2.18 bits per heavy atom. The fourth-order valence-electron chi connectivity index (χ4n) is 1.77. The first-order valence-corrected chi connectivity index (χ1v) is 8.35. The summed E-state index contributed by atoms with van der Waals surface area (Å²) in [7, 11) is -3.87. The third-order valence-corrected chi connectivity index (χ3v) is 5.03. The SMILES string of the molecule is Cc1ccc(S(=O)(=O)/C(=C\Cl)NC(=O)c2ccccc2)cc1. The van der Waals surface area contributed by atoms with E-state index in [0.29, 0.717) is 5.56 Å². The van der Waals surface area contributed by atoms with Gasteiger partial charge in [-0.25, -0.2) is 8.42 Å². The third kappa shape index (κ3) is 3.55. The Labute approximate surface area is 134 Å². The zero-order valence-corrected chi connectivity index (χ0v) is 13.4. The van der Waals surface area contributed by atoms with Crippen LogP contribution in [0.15, 0.2) is 70.1 Å². The first-order valence-electron chi connectivity index (χ1n) is 6.43. The van der Waals surface area contributed by atoms with Crippen LogP contribution in [-0.2, 0) is 9.84 Å². The van der Waals surface area contributed by atoms with Gasteiger partial charge in [-0.2, -0.15) is 0 Å². The summed E-state index contributed by atoms with van der Waals surface area (Å²) in [6, 6.07) is 14.6. The molecule has 0 saturated carbocycles. The van der Waals surface area contributed by atoms with Crippen LogP contribution in [0, 0.1) is 6.92 Å². The highest BCUT2D eigenvalue weighted by Crippen LogP contribution is 2.19. The predicted molar refractivity (Wildman–Crippen MR) is 86.2 cm³/mol. The van der Waals surface area contributed by atoms with Crippen LogP contribution in [0.2, 0.25) is 0 Å². The monoisotopic (exact) mass is 335 g/mol. The molecule has 1 N–H and O–H groups in total. The van der Waals surface area contributed by atoms with Crippen molar-refractivity contribution in [2.75, 3.05) is 0 Å². The molecule has 0 aliphatic carbocycles. The van der Waals surface area contributed by atoms with Crippen LogP contribution in [0.25, 0.3) is 0 Å². The fraction of sp³-hybridized carbons (Fsp3) is 0.0625. The van der Waals surface area contributed by atoms with Gasteiger partial charge < -0.3 is 5.32 Å². The average molecular weight is 336 g/mol. The number of amides is 1. The molecule has 0 fully saturated rings.